The molecule has 0 N–H and O–H groups in total. The number of hydrogen-bond donors (Lipinski definition) is 2. The molecule has 0 aromatic carbocycles. The Labute approximate surface area is 92.7 Å². The largest absolute Gasteiger partial charge is 0.176 e. The van der Waals surface area contributed by atoms with Crippen LogP contribution in [0.25, 0.3) is 0 Å². The van der Waals surface area contributed by atoms with Gasteiger partial charge in [0.2, 0.25) is 0 Å². The Morgan fingerprint density at radius 2 is 2.00 bits per heavy atom. The summed E-state index contributed by atoms with van der Waals surface area (Å²) in [6.45, 7) is 7.04. The molecule has 4 unspecified atom stereocenters. The van der Waals surface area contributed by atoms with Crippen LogP contribution in [0.4, 0.5) is 0 Å². The highest BCUT2D eigenvalue weighted by molar-refractivity contribution is 7.82. The maximum Gasteiger partial charge on any atom is 0.00894 e. The Hall–Kier alpha value is 0.700. The zero-order valence-electron chi connectivity index (χ0n) is 8.75. The van der Waals surface area contributed by atoms with Gasteiger partial charge in [-0.3, -0.25) is 0 Å². The molecular weight excluding hydrogens is 196 g/mol. The maximum atomic E-state index is 4.71. The molecule has 0 bridgehead atoms. The molecule has 0 radical (unpaired) electrons. The zero-order chi connectivity index (χ0) is 9.85. The Balaban J connectivity index is 2.25. The SMILES string of the molecule is CC(S)C12CC(C)(C)CC1CC2S. The van der Waals surface area contributed by atoms with Crippen LogP contribution < -0.4 is 0 Å². The van der Waals surface area contributed by atoms with E-state index in [1.165, 1.54) is 19.3 Å². The van der Waals surface area contributed by atoms with Gasteiger partial charge in [-0.15, -0.1) is 0 Å². The lowest BCUT2D eigenvalue weighted by molar-refractivity contribution is 0.0790. The van der Waals surface area contributed by atoms with Gasteiger partial charge in [-0.05, 0) is 36.0 Å². The summed E-state index contributed by atoms with van der Waals surface area (Å²) in [6.07, 6.45) is 4.02. The molecule has 0 aromatic heterocycles. The summed E-state index contributed by atoms with van der Waals surface area (Å²) >= 11 is 9.39. The fourth-order valence-electron chi connectivity index (χ4n) is 3.69. The Morgan fingerprint density at radius 3 is 2.31 bits per heavy atom. The Bertz CT molecular complexity index is 215. The molecule has 0 nitrogen and oxygen atoms in total. The minimum Gasteiger partial charge on any atom is -0.176 e. The second-order valence-electron chi connectivity index (χ2n) is 5.78. The summed E-state index contributed by atoms with van der Waals surface area (Å²) < 4.78 is 0. The van der Waals surface area contributed by atoms with E-state index in [-0.39, 0.29) is 0 Å². The minimum atomic E-state index is 0.454. The third kappa shape index (κ3) is 1.28. The third-order valence-corrected chi connectivity index (χ3v) is 5.42. The van der Waals surface area contributed by atoms with Crippen molar-refractivity contribution >= 4 is 25.3 Å². The van der Waals surface area contributed by atoms with E-state index < -0.39 is 0 Å². The molecule has 0 heterocycles. The molecular formula is C11H20S2. The number of hydrogen-bond acceptors (Lipinski definition) is 2. The summed E-state index contributed by atoms with van der Waals surface area (Å²) in [7, 11) is 0. The van der Waals surface area contributed by atoms with Gasteiger partial charge in [-0.25, -0.2) is 0 Å². The second-order valence-corrected chi connectivity index (χ2v) is 7.18. The van der Waals surface area contributed by atoms with Gasteiger partial charge >= 0.3 is 0 Å². The van der Waals surface area contributed by atoms with Crippen molar-refractivity contribution in [1.82, 2.24) is 0 Å². The minimum absolute atomic E-state index is 0.454. The van der Waals surface area contributed by atoms with E-state index in [1.807, 2.05) is 0 Å². The number of thiol groups is 2. The van der Waals surface area contributed by atoms with Crippen molar-refractivity contribution in [2.24, 2.45) is 16.7 Å². The lowest BCUT2D eigenvalue weighted by Gasteiger charge is -2.53. The predicted molar refractivity (Wildman–Crippen MR) is 64.8 cm³/mol. The Morgan fingerprint density at radius 1 is 1.38 bits per heavy atom. The van der Waals surface area contributed by atoms with E-state index in [9.17, 15) is 0 Å². The average molecular weight is 216 g/mol. The molecule has 4 atom stereocenters. The van der Waals surface area contributed by atoms with E-state index >= 15 is 0 Å². The molecule has 0 spiro atoms. The molecule has 0 amide bonds. The predicted octanol–water partition coefficient (Wildman–Crippen LogP) is 3.43. The molecule has 2 fully saturated rings. The molecule has 76 valence electrons. The lowest BCUT2D eigenvalue weighted by atomic mass is 9.59. The molecule has 0 saturated heterocycles. The first-order valence-electron chi connectivity index (χ1n) is 5.25. The van der Waals surface area contributed by atoms with Crippen molar-refractivity contribution in [2.75, 3.05) is 0 Å². The average Bonchev–Trinajstić information content (AvgIpc) is 2.19. The third-order valence-electron chi connectivity index (χ3n) is 4.25. The van der Waals surface area contributed by atoms with Crippen LogP contribution in [0.3, 0.4) is 0 Å². The van der Waals surface area contributed by atoms with Gasteiger partial charge in [-0.2, -0.15) is 25.3 Å². The summed E-state index contributed by atoms with van der Waals surface area (Å²) in [6, 6.07) is 0. The Kier molecular flexibility index (Phi) is 2.24. The van der Waals surface area contributed by atoms with E-state index in [0.717, 1.165) is 5.92 Å². The van der Waals surface area contributed by atoms with Crippen LogP contribution in [-0.4, -0.2) is 10.5 Å². The highest BCUT2D eigenvalue weighted by Gasteiger charge is 2.62. The molecule has 0 aliphatic heterocycles. The molecule has 2 aliphatic carbocycles. The van der Waals surface area contributed by atoms with Crippen molar-refractivity contribution in [1.29, 1.82) is 0 Å². The first kappa shape index (κ1) is 10.2. The van der Waals surface area contributed by atoms with E-state index in [2.05, 4.69) is 33.4 Å². The van der Waals surface area contributed by atoms with E-state index in [4.69, 9.17) is 12.6 Å². The van der Waals surface area contributed by atoms with Crippen molar-refractivity contribution in [3.8, 4) is 0 Å². The second kappa shape index (κ2) is 2.85. The van der Waals surface area contributed by atoms with Crippen LogP contribution >= 0.6 is 25.3 Å². The smallest absolute Gasteiger partial charge is 0.00894 e. The fourth-order valence-corrected chi connectivity index (χ4v) is 5.07. The van der Waals surface area contributed by atoms with Crippen LogP contribution in [-0.2, 0) is 0 Å². The number of rotatable bonds is 1. The molecule has 13 heavy (non-hydrogen) atoms. The monoisotopic (exact) mass is 216 g/mol. The standard InChI is InChI=1S/C11H20S2/c1-7(12)11-6-10(2,3)5-8(11)4-9(11)13/h7-9,12-13H,4-6H2,1-3H3. The summed E-state index contributed by atoms with van der Waals surface area (Å²) in [5, 5.41) is 1.11. The van der Waals surface area contributed by atoms with Crippen molar-refractivity contribution in [2.45, 2.75) is 50.5 Å². The molecule has 2 aliphatic rings. The van der Waals surface area contributed by atoms with Crippen molar-refractivity contribution in [3.05, 3.63) is 0 Å². The molecule has 2 rings (SSSR count). The van der Waals surface area contributed by atoms with E-state index in [0.29, 0.717) is 21.3 Å². The molecule has 0 aromatic rings. The fraction of sp³-hybridized carbons (Fsp3) is 1.00. The van der Waals surface area contributed by atoms with Crippen LogP contribution in [0.15, 0.2) is 0 Å². The van der Waals surface area contributed by atoms with Gasteiger partial charge in [-0.1, -0.05) is 20.8 Å². The first-order chi connectivity index (χ1) is 5.88. The topological polar surface area (TPSA) is 0 Å². The highest BCUT2D eigenvalue weighted by atomic mass is 32.1. The van der Waals surface area contributed by atoms with E-state index in [1.54, 1.807) is 0 Å². The highest BCUT2D eigenvalue weighted by Crippen LogP contribution is 2.67. The van der Waals surface area contributed by atoms with Crippen molar-refractivity contribution < 1.29 is 0 Å². The van der Waals surface area contributed by atoms with Gasteiger partial charge in [0.15, 0.2) is 0 Å². The lowest BCUT2D eigenvalue weighted by Crippen LogP contribution is -2.52. The van der Waals surface area contributed by atoms with Gasteiger partial charge < -0.3 is 0 Å². The van der Waals surface area contributed by atoms with Gasteiger partial charge in [0, 0.05) is 10.5 Å². The van der Waals surface area contributed by atoms with Gasteiger partial charge in [0.25, 0.3) is 0 Å². The summed E-state index contributed by atoms with van der Waals surface area (Å²) in [5.74, 6) is 0.900. The molecule has 2 heteroatoms. The summed E-state index contributed by atoms with van der Waals surface area (Å²) in [5.41, 5.74) is 0.981. The van der Waals surface area contributed by atoms with Crippen LogP contribution in [0.1, 0.15) is 40.0 Å². The van der Waals surface area contributed by atoms with Crippen LogP contribution in [0, 0.1) is 16.7 Å². The zero-order valence-corrected chi connectivity index (χ0v) is 10.5. The number of fused-ring (bicyclic) bond motifs is 1. The van der Waals surface area contributed by atoms with Crippen LogP contribution in [0.5, 0.6) is 0 Å². The quantitative estimate of drug-likeness (QED) is 0.617. The van der Waals surface area contributed by atoms with Crippen molar-refractivity contribution in [3.63, 3.8) is 0 Å². The first-order valence-corrected chi connectivity index (χ1v) is 6.28. The normalized spacial score (nSPS) is 49.6. The summed E-state index contributed by atoms with van der Waals surface area (Å²) in [4.78, 5) is 0. The van der Waals surface area contributed by atoms with Crippen LogP contribution in [0.2, 0.25) is 0 Å². The maximum absolute atomic E-state index is 4.71. The molecule has 2 saturated carbocycles. The van der Waals surface area contributed by atoms with Gasteiger partial charge in [0.05, 0.1) is 0 Å². The van der Waals surface area contributed by atoms with Gasteiger partial charge in [0.1, 0.15) is 0 Å².